The Morgan fingerprint density at radius 3 is 2.50 bits per heavy atom. The summed E-state index contributed by atoms with van der Waals surface area (Å²) in [6, 6.07) is 4.42. The van der Waals surface area contributed by atoms with Gasteiger partial charge < -0.3 is 0 Å². The van der Waals surface area contributed by atoms with Crippen molar-refractivity contribution >= 4 is 5.91 Å². The van der Waals surface area contributed by atoms with Crippen LogP contribution < -0.4 is 5.73 Å². The van der Waals surface area contributed by atoms with Crippen molar-refractivity contribution in [1.29, 1.82) is 0 Å². The van der Waals surface area contributed by atoms with Crippen LogP contribution in [0.3, 0.4) is 0 Å². The van der Waals surface area contributed by atoms with Gasteiger partial charge >= 0.3 is 6.18 Å². The molecule has 1 N–H and O–H groups in total. The highest BCUT2D eigenvalue weighted by atomic mass is 19.4. The molecule has 0 unspecified atom stereocenters. The molecule has 0 aliphatic rings. The molecule has 0 aliphatic heterocycles. The van der Waals surface area contributed by atoms with Gasteiger partial charge in [0.25, 0.3) is 0 Å². The zero-order valence-corrected chi connectivity index (χ0v) is 7.06. The summed E-state index contributed by atoms with van der Waals surface area (Å²) < 4.78 is 36.5. The average molecular weight is 202 g/mol. The lowest BCUT2D eigenvalue weighted by molar-refractivity contribution is -0.137. The smallest absolute Gasteiger partial charge is 0.273 e. The van der Waals surface area contributed by atoms with E-state index in [2.05, 4.69) is 0 Å². The van der Waals surface area contributed by atoms with Crippen molar-refractivity contribution in [2.24, 2.45) is 0 Å². The van der Waals surface area contributed by atoms with E-state index in [-0.39, 0.29) is 12.0 Å². The molecule has 0 aromatic heterocycles. The number of nitrogens with one attached hydrogen (secondary N) is 1. The summed E-state index contributed by atoms with van der Waals surface area (Å²) in [4.78, 5) is 10.4. The number of rotatable bonds is 2. The Morgan fingerprint density at radius 2 is 2.00 bits per heavy atom. The van der Waals surface area contributed by atoms with E-state index in [1.54, 1.807) is 0 Å². The molecule has 0 spiro atoms. The number of benzene rings is 1. The van der Waals surface area contributed by atoms with Crippen molar-refractivity contribution in [3.05, 3.63) is 35.4 Å². The van der Waals surface area contributed by atoms with Gasteiger partial charge in [0.2, 0.25) is 5.91 Å². The Kier molecular flexibility index (Phi) is 2.78. The molecule has 0 bridgehead atoms. The Morgan fingerprint density at radius 1 is 1.36 bits per heavy atom. The van der Waals surface area contributed by atoms with Crippen LogP contribution in [-0.4, -0.2) is 5.91 Å². The first-order chi connectivity index (χ1) is 6.39. The lowest BCUT2D eigenvalue weighted by Gasteiger charge is -2.07. The summed E-state index contributed by atoms with van der Waals surface area (Å²) in [5, 5.41) is 0. The van der Waals surface area contributed by atoms with Crippen molar-refractivity contribution in [2.75, 3.05) is 0 Å². The summed E-state index contributed by atoms with van der Waals surface area (Å²) in [6.45, 7) is 0. The summed E-state index contributed by atoms with van der Waals surface area (Å²) in [7, 11) is 0. The molecule has 2 nitrogen and oxygen atoms in total. The summed E-state index contributed by atoms with van der Waals surface area (Å²) in [5.41, 5.74) is 6.03. The minimum Gasteiger partial charge on any atom is -0.273 e. The molecule has 0 saturated heterocycles. The van der Waals surface area contributed by atoms with Crippen LogP contribution in [0.2, 0.25) is 0 Å². The second kappa shape index (κ2) is 3.69. The van der Waals surface area contributed by atoms with Gasteiger partial charge in [-0.1, -0.05) is 18.2 Å². The van der Waals surface area contributed by atoms with Crippen LogP contribution in [0.4, 0.5) is 13.2 Å². The highest BCUT2D eigenvalue weighted by Gasteiger charge is 2.30. The standard InChI is InChI=1S/C9H7F3NO/c10-9(11,12)7-3-1-2-6(4-7)5-8(13)14/h1-4,13H,5H2. The van der Waals surface area contributed by atoms with Gasteiger partial charge in [0, 0.05) is 0 Å². The molecule has 14 heavy (non-hydrogen) atoms. The van der Waals surface area contributed by atoms with E-state index in [1.165, 1.54) is 12.1 Å². The van der Waals surface area contributed by atoms with Crippen LogP contribution in [0, 0.1) is 0 Å². The fourth-order valence-corrected chi connectivity index (χ4v) is 1.04. The number of hydrogen-bond acceptors (Lipinski definition) is 1. The molecule has 0 atom stereocenters. The molecule has 0 saturated carbocycles. The first kappa shape index (κ1) is 10.6. The lowest BCUT2D eigenvalue weighted by Crippen LogP contribution is -2.07. The Bertz CT molecular complexity index is 346. The summed E-state index contributed by atoms with van der Waals surface area (Å²) in [6.07, 6.45) is -4.69. The van der Waals surface area contributed by atoms with E-state index in [9.17, 15) is 18.0 Å². The Labute approximate surface area is 78.5 Å². The largest absolute Gasteiger partial charge is 0.416 e. The summed E-state index contributed by atoms with van der Waals surface area (Å²) in [5.74, 6) is -0.899. The monoisotopic (exact) mass is 202 g/mol. The van der Waals surface area contributed by atoms with Crippen molar-refractivity contribution in [1.82, 2.24) is 5.73 Å². The minimum atomic E-state index is -4.40. The van der Waals surface area contributed by atoms with Crippen LogP contribution in [0.1, 0.15) is 11.1 Å². The quantitative estimate of drug-likeness (QED) is 0.723. The molecule has 1 aromatic rings. The number of amides is 1. The minimum absolute atomic E-state index is 0.208. The van der Waals surface area contributed by atoms with E-state index in [0.29, 0.717) is 0 Å². The first-order valence-corrected chi connectivity index (χ1v) is 3.80. The third-order valence-corrected chi connectivity index (χ3v) is 1.62. The van der Waals surface area contributed by atoms with E-state index in [1.807, 2.05) is 0 Å². The summed E-state index contributed by atoms with van der Waals surface area (Å²) >= 11 is 0. The van der Waals surface area contributed by atoms with Crippen LogP contribution in [-0.2, 0) is 17.4 Å². The Balaban J connectivity index is 2.95. The molecule has 0 fully saturated rings. The van der Waals surface area contributed by atoms with Gasteiger partial charge in [0.15, 0.2) is 0 Å². The molecule has 1 aromatic carbocycles. The molecule has 1 amide bonds. The van der Waals surface area contributed by atoms with Gasteiger partial charge in [-0.3, -0.25) is 10.5 Å². The predicted octanol–water partition coefficient (Wildman–Crippen LogP) is 2.06. The molecule has 0 aliphatic carbocycles. The van der Waals surface area contributed by atoms with E-state index < -0.39 is 17.6 Å². The van der Waals surface area contributed by atoms with E-state index in [0.717, 1.165) is 12.1 Å². The maximum Gasteiger partial charge on any atom is 0.416 e. The van der Waals surface area contributed by atoms with Crippen LogP contribution in [0.5, 0.6) is 0 Å². The van der Waals surface area contributed by atoms with Gasteiger partial charge in [-0.15, -0.1) is 0 Å². The van der Waals surface area contributed by atoms with Crippen LogP contribution in [0.25, 0.3) is 0 Å². The maximum absolute atomic E-state index is 12.2. The van der Waals surface area contributed by atoms with E-state index >= 15 is 0 Å². The first-order valence-electron chi connectivity index (χ1n) is 3.80. The number of hydrogen-bond donors (Lipinski definition) is 0. The number of alkyl halides is 3. The fraction of sp³-hybridized carbons (Fsp3) is 0.222. The van der Waals surface area contributed by atoms with Gasteiger partial charge in [0.05, 0.1) is 12.0 Å². The molecule has 1 rings (SSSR count). The normalized spacial score (nSPS) is 11.4. The topological polar surface area (TPSA) is 40.9 Å². The van der Waals surface area contributed by atoms with Crippen molar-refractivity contribution in [3.63, 3.8) is 0 Å². The highest BCUT2D eigenvalue weighted by Crippen LogP contribution is 2.29. The molecule has 0 heterocycles. The molecule has 75 valence electrons. The van der Waals surface area contributed by atoms with Crippen LogP contribution >= 0.6 is 0 Å². The van der Waals surface area contributed by atoms with Crippen molar-refractivity contribution in [2.45, 2.75) is 12.6 Å². The van der Waals surface area contributed by atoms with Crippen molar-refractivity contribution in [3.8, 4) is 0 Å². The zero-order valence-electron chi connectivity index (χ0n) is 7.06. The number of carbonyl (C=O) groups excluding carboxylic acids is 1. The highest BCUT2D eigenvalue weighted by molar-refractivity contribution is 5.75. The predicted molar refractivity (Wildman–Crippen MR) is 43.3 cm³/mol. The third-order valence-electron chi connectivity index (χ3n) is 1.62. The lowest BCUT2D eigenvalue weighted by atomic mass is 10.1. The zero-order chi connectivity index (χ0) is 10.8. The SMILES string of the molecule is [NH]C(=O)Cc1cccc(C(F)(F)F)c1. The van der Waals surface area contributed by atoms with Crippen molar-refractivity contribution < 1.29 is 18.0 Å². The van der Waals surface area contributed by atoms with Crippen LogP contribution in [0.15, 0.2) is 24.3 Å². The average Bonchev–Trinajstić information content (AvgIpc) is 2.01. The van der Waals surface area contributed by atoms with Gasteiger partial charge in [-0.05, 0) is 11.6 Å². The fourth-order valence-electron chi connectivity index (χ4n) is 1.04. The Hall–Kier alpha value is -1.52. The van der Waals surface area contributed by atoms with Gasteiger partial charge in [-0.25, -0.2) is 0 Å². The molecule has 5 heteroatoms. The second-order valence-corrected chi connectivity index (χ2v) is 2.80. The molecular formula is C9H7F3NO. The van der Waals surface area contributed by atoms with Gasteiger partial charge in [0.1, 0.15) is 0 Å². The number of carbonyl (C=O) groups is 1. The van der Waals surface area contributed by atoms with Gasteiger partial charge in [-0.2, -0.15) is 13.2 Å². The number of halogens is 3. The maximum atomic E-state index is 12.2. The third kappa shape index (κ3) is 2.76. The molecular weight excluding hydrogens is 195 g/mol. The second-order valence-electron chi connectivity index (χ2n) is 2.80. The molecule has 1 radical (unpaired) electrons. The van der Waals surface area contributed by atoms with E-state index in [4.69, 9.17) is 5.73 Å².